The molecule has 2 aromatic carbocycles. The Morgan fingerprint density at radius 1 is 1.04 bits per heavy atom. The summed E-state index contributed by atoms with van der Waals surface area (Å²) in [7, 11) is 1.51. The number of halogens is 1. The molecule has 2 amide bonds. The van der Waals surface area contributed by atoms with Gasteiger partial charge in [-0.3, -0.25) is 9.59 Å². The number of carbonyl (C=O) groups is 2. The fourth-order valence-corrected chi connectivity index (χ4v) is 2.56. The normalized spacial score (nSPS) is 10.5. The SMILES string of the molecule is COc1cc(C(=O)NCCNC(=O)C(C)C)ccc1OCc1ccccc1Cl. The van der Waals surface area contributed by atoms with Gasteiger partial charge in [-0.1, -0.05) is 43.6 Å². The van der Waals surface area contributed by atoms with E-state index in [0.717, 1.165) is 5.56 Å². The van der Waals surface area contributed by atoms with Crippen molar-refractivity contribution in [2.45, 2.75) is 20.5 Å². The molecule has 0 radical (unpaired) electrons. The zero-order chi connectivity index (χ0) is 20.5. The molecule has 6 nitrogen and oxygen atoms in total. The number of ether oxygens (including phenoxy) is 2. The maximum Gasteiger partial charge on any atom is 0.251 e. The summed E-state index contributed by atoms with van der Waals surface area (Å²) < 4.78 is 11.1. The minimum atomic E-state index is -0.255. The van der Waals surface area contributed by atoms with E-state index >= 15 is 0 Å². The van der Waals surface area contributed by atoms with E-state index in [0.29, 0.717) is 35.2 Å². The van der Waals surface area contributed by atoms with E-state index in [9.17, 15) is 9.59 Å². The van der Waals surface area contributed by atoms with Gasteiger partial charge in [-0.2, -0.15) is 0 Å². The summed E-state index contributed by atoms with van der Waals surface area (Å²) in [6.45, 7) is 4.63. The number of hydrogen-bond donors (Lipinski definition) is 2. The van der Waals surface area contributed by atoms with Crippen molar-refractivity contribution in [2.75, 3.05) is 20.2 Å². The van der Waals surface area contributed by atoms with Crippen molar-refractivity contribution in [3.8, 4) is 11.5 Å². The van der Waals surface area contributed by atoms with E-state index in [4.69, 9.17) is 21.1 Å². The van der Waals surface area contributed by atoms with E-state index in [-0.39, 0.29) is 24.3 Å². The number of amides is 2. The first-order chi connectivity index (χ1) is 13.4. The lowest BCUT2D eigenvalue weighted by atomic mass is 10.2. The lowest BCUT2D eigenvalue weighted by Gasteiger charge is -2.13. The van der Waals surface area contributed by atoms with Gasteiger partial charge in [-0.25, -0.2) is 0 Å². The molecule has 2 rings (SSSR count). The second kappa shape index (κ2) is 10.6. The van der Waals surface area contributed by atoms with Crippen molar-refractivity contribution >= 4 is 23.4 Å². The van der Waals surface area contributed by atoms with E-state index in [2.05, 4.69) is 10.6 Å². The largest absolute Gasteiger partial charge is 0.493 e. The van der Waals surface area contributed by atoms with Crippen molar-refractivity contribution in [2.24, 2.45) is 5.92 Å². The van der Waals surface area contributed by atoms with E-state index in [1.54, 1.807) is 24.3 Å². The Morgan fingerprint density at radius 3 is 2.43 bits per heavy atom. The van der Waals surface area contributed by atoms with Crippen LogP contribution >= 0.6 is 11.6 Å². The zero-order valence-electron chi connectivity index (χ0n) is 16.3. The number of nitrogens with one attached hydrogen (secondary N) is 2. The molecular formula is C21H25ClN2O4. The average Bonchev–Trinajstić information content (AvgIpc) is 2.70. The molecule has 0 bridgehead atoms. The van der Waals surface area contributed by atoms with Crippen LogP contribution in [0.25, 0.3) is 0 Å². The van der Waals surface area contributed by atoms with Crippen LogP contribution in [0.1, 0.15) is 29.8 Å². The van der Waals surface area contributed by atoms with Gasteiger partial charge < -0.3 is 20.1 Å². The van der Waals surface area contributed by atoms with Crippen LogP contribution in [-0.4, -0.2) is 32.0 Å². The summed E-state index contributed by atoms with van der Waals surface area (Å²) in [5.74, 6) is 0.583. The quantitative estimate of drug-likeness (QED) is 0.628. The molecule has 2 N–H and O–H groups in total. The van der Waals surface area contributed by atoms with Crippen molar-refractivity contribution in [1.29, 1.82) is 0 Å². The Labute approximate surface area is 170 Å². The van der Waals surface area contributed by atoms with Gasteiger partial charge in [0.05, 0.1) is 7.11 Å². The average molecular weight is 405 g/mol. The molecule has 2 aromatic rings. The van der Waals surface area contributed by atoms with Crippen molar-refractivity contribution in [1.82, 2.24) is 10.6 Å². The van der Waals surface area contributed by atoms with Crippen LogP contribution in [0.4, 0.5) is 0 Å². The zero-order valence-corrected chi connectivity index (χ0v) is 17.0. The lowest BCUT2D eigenvalue weighted by Crippen LogP contribution is -2.36. The van der Waals surface area contributed by atoms with Gasteiger partial charge in [0.15, 0.2) is 11.5 Å². The molecule has 150 valence electrons. The Hall–Kier alpha value is -2.73. The van der Waals surface area contributed by atoms with Crippen molar-refractivity contribution in [3.05, 3.63) is 58.6 Å². The summed E-state index contributed by atoms with van der Waals surface area (Å²) >= 11 is 6.14. The lowest BCUT2D eigenvalue weighted by molar-refractivity contribution is -0.123. The smallest absolute Gasteiger partial charge is 0.251 e. The van der Waals surface area contributed by atoms with Crippen LogP contribution < -0.4 is 20.1 Å². The third-order valence-corrected chi connectivity index (χ3v) is 4.37. The highest BCUT2D eigenvalue weighted by Gasteiger charge is 2.12. The third kappa shape index (κ3) is 6.16. The predicted molar refractivity (Wildman–Crippen MR) is 109 cm³/mol. The van der Waals surface area contributed by atoms with Gasteiger partial charge in [-0.05, 0) is 24.3 Å². The number of methoxy groups -OCH3 is 1. The molecular weight excluding hydrogens is 380 g/mol. The number of hydrogen-bond acceptors (Lipinski definition) is 4. The van der Waals surface area contributed by atoms with Crippen LogP contribution in [0.3, 0.4) is 0 Å². The summed E-state index contributed by atoms with van der Waals surface area (Å²) in [4.78, 5) is 23.8. The van der Waals surface area contributed by atoms with E-state index in [1.165, 1.54) is 7.11 Å². The second-order valence-corrected chi connectivity index (χ2v) is 6.85. The molecule has 0 unspecified atom stereocenters. The summed E-state index contributed by atoms with van der Waals surface area (Å²) in [5.41, 5.74) is 1.30. The minimum absolute atomic E-state index is 0.0454. The number of carbonyl (C=O) groups excluding carboxylic acids is 2. The molecule has 7 heteroatoms. The summed E-state index contributed by atoms with van der Waals surface area (Å²) in [5, 5.41) is 6.14. The van der Waals surface area contributed by atoms with Gasteiger partial charge in [0.2, 0.25) is 5.91 Å². The number of rotatable bonds is 9. The van der Waals surface area contributed by atoms with Crippen LogP contribution in [0.2, 0.25) is 5.02 Å². The summed E-state index contributed by atoms with van der Waals surface area (Å²) in [6, 6.07) is 12.4. The highest BCUT2D eigenvalue weighted by Crippen LogP contribution is 2.29. The topological polar surface area (TPSA) is 76.7 Å². The molecule has 0 saturated heterocycles. The van der Waals surface area contributed by atoms with Crippen LogP contribution in [0.5, 0.6) is 11.5 Å². The number of benzene rings is 2. The molecule has 0 spiro atoms. The highest BCUT2D eigenvalue weighted by molar-refractivity contribution is 6.31. The maximum absolute atomic E-state index is 12.3. The van der Waals surface area contributed by atoms with Crippen molar-refractivity contribution < 1.29 is 19.1 Å². The maximum atomic E-state index is 12.3. The highest BCUT2D eigenvalue weighted by atomic mass is 35.5. The van der Waals surface area contributed by atoms with Gasteiger partial charge in [0, 0.05) is 35.2 Å². The monoisotopic (exact) mass is 404 g/mol. The molecule has 0 saturated carbocycles. The molecule has 0 aromatic heterocycles. The van der Waals surface area contributed by atoms with Gasteiger partial charge in [0.25, 0.3) is 5.91 Å². The Morgan fingerprint density at radius 2 is 1.75 bits per heavy atom. The standard InChI is InChI=1S/C21H25ClN2O4/c1-14(2)20(25)23-10-11-24-21(26)15-8-9-18(19(12-15)27-3)28-13-16-6-4-5-7-17(16)22/h4-9,12,14H,10-11,13H2,1-3H3,(H,23,25)(H,24,26). The predicted octanol–water partition coefficient (Wildman–Crippen LogP) is 3.43. The van der Waals surface area contributed by atoms with Crippen LogP contribution in [-0.2, 0) is 11.4 Å². The van der Waals surface area contributed by atoms with Crippen LogP contribution in [0.15, 0.2) is 42.5 Å². The molecule has 0 aliphatic heterocycles. The first kappa shape index (κ1) is 21.6. The van der Waals surface area contributed by atoms with Gasteiger partial charge in [0.1, 0.15) is 6.61 Å². The van der Waals surface area contributed by atoms with Gasteiger partial charge >= 0.3 is 0 Å². The molecule has 0 heterocycles. The second-order valence-electron chi connectivity index (χ2n) is 6.45. The van der Waals surface area contributed by atoms with Crippen molar-refractivity contribution in [3.63, 3.8) is 0 Å². The molecule has 0 atom stereocenters. The minimum Gasteiger partial charge on any atom is -0.493 e. The fourth-order valence-electron chi connectivity index (χ4n) is 2.37. The Balaban J connectivity index is 1.93. The van der Waals surface area contributed by atoms with Crippen LogP contribution in [0, 0.1) is 5.92 Å². The van der Waals surface area contributed by atoms with E-state index < -0.39 is 0 Å². The van der Waals surface area contributed by atoms with Gasteiger partial charge in [-0.15, -0.1) is 0 Å². The van der Waals surface area contributed by atoms with E-state index in [1.807, 2.05) is 32.0 Å². The third-order valence-electron chi connectivity index (χ3n) is 4.00. The first-order valence-corrected chi connectivity index (χ1v) is 9.40. The first-order valence-electron chi connectivity index (χ1n) is 9.02. The molecule has 28 heavy (non-hydrogen) atoms. The molecule has 0 aliphatic carbocycles. The Bertz CT molecular complexity index is 824. The Kier molecular flexibility index (Phi) is 8.14. The molecule has 0 aliphatic rings. The molecule has 0 fully saturated rings. The summed E-state index contributed by atoms with van der Waals surface area (Å²) in [6.07, 6.45) is 0. The fraction of sp³-hybridized carbons (Fsp3) is 0.333.